The lowest BCUT2D eigenvalue weighted by Gasteiger charge is -2.27. The minimum atomic E-state index is -3.76. The number of nitrogens with two attached hydrogens (primary N) is 1. The first-order valence-electron chi connectivity index (χ1n) is 6.97. The molecule has 1 aromatic rings. The second-order valence-corrected chi connectivity index (χ2v) is 7.14. The van der Waals surface area contributed by atoms with Gasteiger partial charge in [0.15, 0.2) is 0 Å². The van der Waals surface area contributed by atoms with Crippen LogP contribution in [-0.4, -0.2) is 21.5 Å². The zero-order valence-corrected chi connectivity index (χ0v) is 12.2. The molecule has 0 radical (unpaired) electrons. The van der Waals surface area contributed by atoms with Crippen LogP contribution in [0.1, 0.15) is 25.7 Å². The van der Waals surface area contributed by atoms with E-state index in [1.807, 2.05) is 0 Å². The van der Waals surface area contributed by atoms with Crippen LogP contribution >= 0.6 is 0 Å². The van der Waals surface area contributed by atoms with E-state index in [2.05, 4.69) is 4.72 Å². The van der Waals surface area contributed by atoms with Crippen molar-refractivity contribution in [1.29, 1.82) is 0 Å². The summed E-state index contributed by atoms with van der Waals surface area (Å²) in [6.07, 6.45) is 4.04. The zero-order chi connectivity index (χ0) is 14.6. The Bertz CT molecular complexity index is 540. The third-order valence-corrected chi connectivity index (χ3v) is 5.44. The van der Waals surface area contributed by atoms with E-state index in [1.165, 1.54) is 18.2 Å². The van der Waals surface area contributed by atoms with Crippen molar-refractivity contribution in [2.45, 2.75) is 30.6 Å². The van der Waals surface area contributed by atoms with Crippen molar-refractivity contribution in [2.75, 3.05) is 13.1 Å². The average molecular weight is 300 g/mol. The largest absolute Gasteiger partial charge is 0.330 e. The highest BCUT2D eigenvalue weighted by Gasteiger charge is 2.23. The second kappa shape index (κ2) is 6.65. The van der Waals surface area contributed by atoms with Crippen LogP contribution in [0.2, 0.25) is 0 Å². The van der Waals surface area contributed by atoms with Gasteiger partial charge in [0.25, 0.3) is 0 Å². The van der Waals surface area contributed by atoms with Crippen LogP contribution in [0.15, 0.2) is 29.2 Å². The number of sulfonamides is 1. The highest BCUT2D eigenvalue weighted by molar-refractivity contribution is 7.89. The van der Waals surface area contributed by atoms with Crippen LogP contribution in [0.25, 0.3) is 0 Å². The molecule has 0 unspecified atom stereocenters. The van der Waals surface area contributed by atoms with Gasteiger partial charge in [-0.2, -0.15) is 0 Å². The van der Waals surface area contributed by atoms with E-state index >= 15 is 0 Å². The molecule has 0 bridgehead atoms. The standard InChI is InChI=1S/C14H21FN2O2S/c15-13-3-1-2-4-14(13)20(18,19)17-10-12-7-5-11(9-16)6-8-12/h1-4,11-12,17H,5-10,16H2. The molecule has 1 fully saturated rings. The summed E-state index contributed by atoms with van der Waals surface area (Å²) in [5.74, 6) is 0.167. The molecule has 112 valence electrons. The summed E-state index contributed by atoms with van der Waals surface area (Å²) in [4.78, 5) is -0.282. The van der Waals surface area contributed by atoms with E-state index in [1.54, 1.807) is 0 Å². The van der Waals surface area contributed by atoms with Gasteiger partial charge in [-0.3, -0.25) is 0 Å². The normalized spacial score (nSPS) is 23.7. The molecule has 1 aliphatic carbocycles. The van der Waals surface area contributed by atoms with Gasteiger partial charge >= 0.3 is 0 Å². The SMILES string of the molecule is NCC1CCC(CNS(=O)(=O)c2ccccc2F)CC1. The smallest absolute Gasteiger partial charge is 0.243 e. The topological polar surface area (TPSA) is 72.2 Å². The first-order valence-corrected chi connectivity index (χ1v) is 8.45. The zero-order valence-electron chi connectivity index (χ0n) is 11.4. The second-order valence-electron chi connectivity index (χ2n) is 5.40. The summed E-state index contributed by atoms with van der Waals surface area (Å²) in [6, 6.07) is 5.43. The van der Waals surface area contributed by atoms with Gasteiger partial charge in [0.2, 0.25) is 10.0 Å². The molecule has 1 aliphatic rings. The number of hydrogen-bond acceptors (Lipinski definition) is 3. The van der Waals surface area contributed by atoms with Gasteiger partial charge in [-0.15, -0.1) is 0 Å². The van der Waals surface area contributed by atoms with E-state index in [-0.39, 0.29) is 4.90 Å². The van der Waals surface area contributed by atoms with Gasteiger partial charge in [-0.1, -0.05) is 12.1 Å². The van der Waals surface area contributed by atoms with Crippen molar-refractivity contribution in [3.63, 3.8) is 0 Å². The summed E-state index contributed by atoms with van der Waals surface area (Å²) >= 11 is 0. The highest BCUT2D eigenvalue weighted by Crippen LogP contribution is 2.27. The Kier molecular flexibility index (Phi) is 5.12. The van der Waals surface area contributed by atoms with E-state index in [4.69, 9.17) is 5.73 Å². The predicted molar refractivity (Wildman–Crippen MR) is 76.1 cm³/mol. The minimum Gasteiger partial charge on any atom is -0.330 e. The maximum atomic E-state index is 13.5. The third kappa shape index (κ3) is 3.77. The Labute approximate surface area is 119 Å². The Hall–Kier alpha value is -0.980. The molecular weight excluding hydrogens is 279 g/mol. The van der Waals surface area contributed by atoms with Gasteiger partial charge in [-0.05, 0) is 56.2 Å². The summed E-state index contributed by atoms with van der Waals surface area (Å²) in [7, 11) is -3.76. The van der Waals surface area contributed by atoms with Gasteiger partial charge in [-0.25, -0.2) is 17.5 Å². The Balaban J connectivity index is 1.92. The summed E-state index contributed by atoms with van der Waals surface area (Å²) in [5, 5.41) is 0. The Morgan fingerprint density at radius 3 is 2.35 bits per heavy atom. The molecule has 0 aliphatic heterocycles. The van der Waals surface area contributed by atoms with E-state index < -0.39 is 15.8 Å². The molecule has 1 saturated carbocycles. The van der Waals surface area contributed by atoms with Crippen LogP contribution in [0.4, 0.5) is 4.39 Å². The molecule has 0 heterocycles. The molecule has 2 rings (SSSR count). The van der Waals surface area contributed by atoms with Crippen molar-refractivity contribution < 1.29 is 12.8 Å². The monoisotopic (exact) mass is 300 g/mol. The summed E-state index contributed by atoms with van der Waals surface area (Å²) < 4.78 is 40.1. The van der Waals surface area contributed by atoms with Crippen LogP contribution < -0.4 is 10.5 Å². The lowest BCUT2D eigenvalue weighted by atomic mass is 9.82. The van der Waals surface area contributed by atoms with Gasteiger partial charge in [0.05, 0.1) is 0 Å². The lowest BCUT2D eigenvalue weighted by molar-refractivity contribution is 0.280. The van der Waals surface area contributed by atoms with Crippen LogP contribution in [-0.2, 0) is 10.0 Å². The Morgan fingerprint density at radius 1 is 1.15 bits per heavy atom. The average Bonchev–Trinajstić information content (AvgIpc) is 2.46. The van der Waals surface area contributed by atoms with Gasteiger partial charge in [0.1, 0.15) is 10.7 Å². The molecule has 1 aromatic carbocycles. The number of benzene rings is 1. The van der Waals surface area contributed by atoms with Crippen LogP contribution in [0.3, 0.4) is 0 Å². The maximum absolute atomic E-state index is 13.5. The third-order valence-electron chi connectivity index (χ3n) is 3.99. The molecule has 0 spiro atoms. The van der Waals surface area contributed by atoms with Crippen molar-refractivity contribution in [3.05, 3.63) is 30.1 Å². The van der Waals surface area contributed by atoms with Gasteiger partial charge < -0.3 is 5.73 Å². The van der Waals surface area contributed by atoms with Crippen molar-refractivity contribution in [1.82, 2.24) is 4.72 Å². The summed E-state index contributed by atoms with van der Waals surface area (Å²) in [6.45, 7) is 1.07. The summed E-state index contributed by atoms with van der Waals surface area (Å²) in [5.41, 5.74) is 5.63. The molecule has 3 N–H and O–H groups in total. The first-order chi connectivity index (χ1) is 9.53. The number of hydrogen-bond donors (Lipinski definition) is 2. The quantitative estimate of drug-likeness (QED) is 0.872. The number of nitrogens with one attached hydrogen (secondary N) is 1. The molecule has 4 nitrogen and oxygen atoms in total. The van der Waals surface area contributed by atoms with Gasteiger partial charge in [0, 0.05) is 6.54 Å². The molecule has 0 saturated heterocycles. The van der Waals surface area contributed by atoms with Crippen molar-refractivity contribution in [3.8, 4) is 0 Å². The highest BCUT2D eigenvalue weighted by atomic mass is 32.2. The first kappa shape index (κ1) is 15.4. The fourth-order valence-corrected chi connectivity index (χ4v) is 3.83. The Morgan fingerprint density at radius 2 is 1.75 bits per heavy atom. The predicted octanol–water partition coefficient (Wildman–Crippen LogP) is 1.87. The molecular formula is C14H21FN2O2S. The fourth-order valence-electron chi connectivity index (χ4n) is 2.64. The molecule has 6 heteroatoms. The van der Waals surface area contributed by atoms with E-state index in [0.29, 0.717) is 24.9 Å². The fraction of sp³-hybridized carbons (Fsp3) is 0.571. The molecule has 0 amide bonds. The van der Waals surface area contributed by atoms with Crippen LogP contribution in [0, 0.1) is 17.7 Å². The lowest BCUT2D eigenvalue weighted by Crippen LogP contribution is -2.32. The van der Waals surface area contributed by atoms with E-state index in [9.17, 15) is 12.8 Å². The maximum Gasteiger partial charge on any atom is 0.243 e. The van der Waals surface area contributed by atoms with Crippen molar-refractivity contribution >= 4 is 10.0 Å². The minimum absolute atomic E-state index is 0.282. The number of rotatable bonds is 5. The molecule has 0 atom stereocenters. The van der Waals surface area contributed by atoms with Crippen molar-refractivity contribution in [2.24, 2.45) is 17.6 Å². The molecule has 0 aromatic heterocycles. The molecule has 20 heavy (non-hydrogen) atoms. The van der Waals surface area contributed by atoms with E-state index in [0.717, 1.165) is 31.7 Å². The number of halogens is 1. The van der Waals surface area contributed by atoms with Crippen LogP contribution in [0.5, 0.6) is 0 Å².